The summed E-state index contributed by atoms with van der Waals surface area (Å²) >= 11 is 0. The lowest BCUT2D eigenvalue weighted by Crippen LogP contribution is -2.68. The van der Waals surface area contributed by atoms with Gasteiger partial charge >= 0.3 is 5.97 Å². The minimum absolute atomic E-state index is 0.0120. The number of methoxy groups -OCH3 is 1. The molecule has 2 unspecified atom stereocenters. The fourth-order valence-corrected chi connectivity index (χ4v) is 6.28. The number of Topliss-reactive ketones (excluding diaryl/α,β-unsaturated/α-hetero) is 4. The first kappa shape index (κ1) is 26.2. The number of carbonyl (C=O) groups is 6. The van der Waals surface area contributed by atoms with E-state index < -0.39 is 70.7 Å². The summed E-state index contributed by atoms with van der Waals surface area (Å²) in [4.78, 5) is 76.2. The summed E-state index contributed by atoms with van der Waals surface area (Å²) in [5.41, 5.74) is 4.94. The zero-order valence-corrected chi connectivity index (χ0v) is 20.9. The molecule has 0 aromatic heterocycles. The highest BCUT2D eigenvalue weighted by molar-refractivity contribution is 6.31. The molecule has 1 amide bonds. The molecule has 4 N–H and O–H groups in total. The van der Waals surface area contributed by atoms with E-state index in [-0.39, 0.29) is 24.2 Å². The maximum Gasteiger partial charge on any atom is 0.330 e. The van der Waals surface area contributed by atoms with Crippen molar-refractivity contribution in [3.8, 4) is 16.9 Å². The minimum atomic E-state index is -2.69. The average Bonchev–Trinajstić information content (AvgIpc) is 2.89. The molecule has 0 radical (unpaired) electrons. The third-order valence-corrected chi connectivity index (χ3v) is 8.10. The van der Waals surface area contributed by atoms with Gasteiger partial charge in [-0.25, -0.2) is 4.79 Å². The number of amides is 1. The van der Waals surface area contributed by atoms with Gasteiger partial charge in [0, 0.05) is 18.4 Å². The number of carbonyl (C=O) groups excluding carboxylic acids is 6. The zero-order chi connectivity index (χ0) is 28.2. The summed E-state index contributed by atoms with van der Waals surface area (Å²) in [5.74, 6) is -11.1. The normalized spacial score (nSPS) is 28.1. The number of phenols is 1. The first-order chi connectivity index (χ1) is 18.5. The molecule has 0 heterocycles. The number of nitrogens with two attached hydrogens (primary N) is 1. The van der Waals surface area contributed by atoms with E-state index in [0.717, 1.165) is 0 Å². The van der Waals surface area contributed by atoms with Crippen LogP contribution in [-0.2, 0) is 35.1 Å². The highest BCUT2D eigenvalue weighted by atomic mass is 16.5. The average molecular weight is 532 g/mol. The maximum atomic E-state index is 13.7. The Morgan fingerprint density at radius 1 is 1.08 bits per heavy atom. The molecular formula is C29H25NO9. The monoisotopic (exact) mass is 531 g/mol. The van der Waals surface area contributed by atoms with Crippen LogP contribution in [0.4, 0.5) is 0 Å². The van der Waals surface area contributed by atoms with E-state index in [9.17, 15) is 39.0 Å². The first-order valence-electron chi connectivity index (χ1n) is 12.4. The Morgan fingerprint density at radius 2 is 1.82 bits per heavy atom. The number of aliphatic hydroxyl groups is 1. The number of rotatable bonds is 4. The Bertz CT molecular complexity index is 1510. The van der Waals surface area contributed by atoms with Crippen molar-refractivity contribution in [1.82, 2.24) is 0 Å². The maximum absolute atomic E-state index is 13.7. The number of esters is 1. The second kappa shape index (κ2) is 9.39. The van der Waals surface area contributed by atoms with Gasteiger partial charge in [0.2, 0.25) is 5.91 Å². The van der Waals surface area contributed by atoms with Gasteiger partial charge in [0.05, 0.1) is 18.6 Å². The van der Waals surface area contributed by atoms with Gasteiger partial charge in [0.15, 0.2) is 34.7 Å². The summed E-state index contributed by atoms with van der Waals surface area (Å²) in [5, 5.41) is 22.0. The number of hydrogen-bond donors (Lipinski definition) is 3. The number of ether oxygens (including phenoxy) is 1. The van der Waals surface area contributed by atoms with Gasteiger partial charge in [-0.1, -0.05) is 24.3 Å². The van der Waals surface area contributed by atoms with Crippen LogP contribution in [0.5, 0.6) is 5.75 Å². The van der Waals surface area contributed by atoms with E-state index in [4.69, 9.17) is 5.73 Å². The Kier molecular flexibility index (Phi) is 6.30. The minimum Gasteiger partial charge on any atom is -0.507 e. The zero-order valence-electron chi connectivity index (χ0n) is 20.9. The largest absolute Gasteiger partial charge is 0.507 e. The summed E-state index contributed by atoms with van der Waals surface area (Å²) < 4.78 is 4.62. The Hall–Kier alpha value is -4.44. The van der Waals surface area contributed by atoms with Crippen LogP contribution in [0, 0.1) is 23.7 Å². The molecule has 10 nitrogen and oxygen atoms in total. The predicted molar refractivity (Wildman–Crippen MR) is 135 cm³/mol. The third kappa shape index (κ3) is 3.99. The summed E-state index contributed by atoms with van der Waals surface area (Å²) in [7, 11) is 1.27. The van der Waals surface area contributed by atoms with Crippen molar-refractivity contribution in [3.63, 3.8) is 0 Å². The fourth-order valence-electron chi connectivity index (χ4n) is 6.28. The van der Waals surface area contributed by atoms with Gasteiger partial charge in [-0.15, -0.1) is 0 Å². The van der Waals surface area contributed by atoms with E-state index in [1.165, 1.54) is 19.3 Å². The first-order valence-corrected chi connectivity index (χ1v) is 12.4. The molecule has 39 heavy (non-hydrogen) atoms. The topological polar surface area (TPSA) is 178 Å². The molecule has 10 heteroatoms. The number of primary amides is 1. The van der Waals surface area contributed by atoms with Crippen molar-refractivity contribution in [2.75, 3.05) is 7.11 Å². The number of benzene rings is 2. The van der Waals surface area contributed by atoms with Gasteiger partial charge in [0.1, 0.15) is 5.75 Å². The number of ketones is 4. The molecule has 2 aromatic carbocycles. The summed E-state index contributed by atoms with van der Waals surface area (Å²) in [6.45, 7) is 0. The van der Waals surface area contributed by atoms with Gasteiger partial charge in [-0.3, -0.25) is 24.0 Å². The second-order valence-corrected chi connectivity index (χ2v) is 10.2. The highest BCUT2D eigenvalue weighted by Crippen LogP contribution is 2.51. The van der Waals surface area contributed by atoms with Crippen LogP contribution < -0.4 is 5.73 Å². The van der Waals surface area contributed by atoms with E-state index >= 15 is 0 Å². The fraction of sp³-hybridized carbons (Fsp3) is 0.310. The quantitative estimate of drug-likeness (QED) is 0.297. The van der Waals surface area contributed by atoms with Crippen molar-refractivity contribution in [2.45, 2.75) is 24.9 Å². The molecule has 0 spiro atoms. The van der Waals surface area contributed by atoms with Crippen LogP contribution in [0.25, 0.3) is 17.2 Å². The molecule has 5 rings (SSSR count). The number of hydrogen-bond acceptors (Lipinski definition) is 9. The molecular weight excluding hydrogens is 506 g/mol. The third-order valence-electron chi connectivity index (χ3n) is 8.10. The van der Waals surface area contributed by atoms with Crippen molar-refractivity contribution in [3.05, 3.63) is 59.2 Å². The standard InChI is InChI=1S/C29H25NO9/c1-39-21(33)8-5-13-3-2-4-14(9-13)17-6-7-19(31)23-18(17)11-15-10-16-12-20(32)24(28(30)37)27(36)29(16,38)26(35)22(15)25(23)34/h2-9,15-16,22,24,31,38H,10-12H2,1H3,(H2,30,37)/t15-,16+,22?,24?,29+/m1/s1. The highest BCUT2D eigenvalue weighted by Gasteiger charge is 2.66. The van der Waals surface area contributed by atoms with Gasteiger partial charge in [-0.2, -0.15) is 0 Å². The Morgan fingerprint density at radius 3 is 2.51 bits per heavy atom. The molecule has 5 atom stereocenters. The lowest BCUT2D eigenvalue weighted by molar-refractivity contribution is -0.175. The SMILES string of the molecule is COC(=O)C=Cc1cccc(-c2ccc(O)c3c2C[C@H]2C[C@H]4CC(=O)C(C(N)=O)C(=O)[C@@]4(O)C(=O)C2C3=O)c1. The van der Waals surface area contributed by atoms with Crippen LogP contribution in [-0.4, -0.2) is 57.9 Å². The molecule has 2 fully saturated rings. The Balaban J connectivity index is 1.57. The Labute approximate surface area is 222 Å². The van der Waals surface area contributed by atoms with Crippen LogP contribution in [0.3, 0.4) is 0 Å². The van der Waals surface area contributed by atoms with Gasteiger partial charge in [0.25, 0.3) is 0 Å². The van der Waals surface area contributed by atoms with Crippen LogP contribution >= 0.6 is 0 Å². The van der Waals surface area contributed by atoms with Crippen LogP contribution in [0.15, 0.2) is 42.5 Å². The van der Waals surface area contributed by atoms with E-state index in [2.05, 4.69) is 4.74 Å². The molecule has 0 saturated heterocycles. The van der Waals surface area contributed by atoms with E-state index in [0.29, 0.717) is 22.3 Å². The molecule has 0 bridgehead atoms. The van der Waals surface area contributed by atoms with Crippen molar-refractivity contribution in [2.24, 2.45) is 29.4 Å². The molecule has 0 aliphatic heterocycles. The van der Waals surface area contributed by atoms with Crippen LogP contribution in [0.2, 0.25) is 0 Å². The molecule has 3 aliphatic rings. The molecule has 200 valence electrons. The molecule has 2 saturated carbocycles. The smallest absolute Gasteiger partial charge is 0.330 e. The number of phenolic OH excluding ortho intramolecular Hbond substituents is 1. The van der Waals surface area contributed by atoms with Crippen molar-refractivity contribution in [1.29, 1.82) is 0 Å². The summed E-state index contributed by atoms with van der Waals surface area (Å²) in [6.07, 6.45) is 2.62. The molecule has 3 aliphatic carbocycles. The van der Waals surface area contributed by atoms with Gasteiger partial charge < -0.3 is 20.7 Å². The van der Waals surface area contributed by atoms with Gasteiger partial charge in [-0.05, 0) is 59.2 Å². The van der Waals surface area contributed by atoms with E-state index in [1.807, 2.05) is 0 Å². The van der Waals surface area contributed by atoms with Crippen molar-refractivity contribution < 1.29 is 43.7 Å². The lowest BCUT2D eigenvalue weighted by Gasteiger charge is -2.48. The lowest BCUT2D eigenvalue weighted by atomic mass is 9.53. The molecule has 2 aromatic rings. The predicted octanol–water partition coefficient (Wildman–Crippen LogP) is 1.18. The summed E-state index contributed by atoms with van der Waals surface area (Å²) in [6, 6.07) is 10.1. The number of aromatic hydroxyl groups is 1. The van der Waals surface area contributed by atoms with Crippen LogP contribution in [0.1, 0.15) is 34.3 Å². The van der Waals surface area contributed by atoms with E-state index in [1.54, 1.807) is 36.4 Å². The van der Waals surface area contributed by atoms with Crippen molar-refractivity contribution >= 4 is 41.1 Å². The second-order valence-electron chi connectivity index (χ2n) is 10.2. The number of fused-ring (bicyclic) bond motifs is 3.